The molecule has 0 aliphatic heterocycles. The summed E-state index contributed by atoms with van der Waals surface area (Å²) in [4.78, 5) is 2.40. The number of hydrogen-bond donors (Lipinski definition) is 0. The lowest BCUT2D eigenvalue weighted by atomic mass is 9.65. The monoisotopic (exact) mass is 813 g/mol. The molecule has 3 aliphatic carbocycles. The number of benzene rings is 10. The van der Waals surface area contributed by atoms with Crippen LogP contribution in [0.2, 0.25) is 0 Å². The molecule has 0 radical (unpaired) electrons. The average molecular weight is 814 g/mol. The molecule has 1 aromatic heterocycles. The minimum absolute atomic E-state index is 0.586. The molecule has 0 saturated heterocycles. The summed E-state index contributed by atoms with van der Waals surface area (Å²) < 4.78 is 6.54. The summed E-state index contributed by atoms with van der Waals surface area (Å²) in [5.74, 6) is 0. The second-order valence-corrected chi connectivity index (χ2v) is 17.5. The Balaban J connectivity index is 1.05. The van der Waals surface area contributed by atoms with Crippen molar-refractivity contribution in [2.75, 3.05) is 4.90 Å². The topological polar surface area (TPSA) is 16.4 Å². The molecule has 64 heavy (non-hydrogen) atoms. The van der Waals surface area contributed by atoms with Crippen LogP contribution in [0.4, 0.5) is 17.1 Å². The van der Waals surface area contributed by atoms with Crippen molar-refractivity contribution in [2.45, 2.75) is 11.8 Å². The first kappa shape index (κ1) is 35.4. The molecule has 14 rings (SSSR count). The molecule has 1 spiro atoms. The van der Waals surface area contributed by atoms with Crippen molar-refractivity contribution < 1.29 is 4.42 Å². The van der Waals surface area contributed by atoms with Crippen molar-refractivity contribution in [3.05, 3.63) is 258 Å². The SMILES string of the molecule is c1ccc(-c2ccc(N(c3ccc4c(c3)-c3ccccc3-c3ccccc3C43c4ccccc4-c4c3ccc3c4-c4ccccc4C3)c3ccc4c(c3)oc3ccccc34)cc2)cc1. The maximum absolute atomic E-state index is 6.54. The van der Waals surface area contributed by atoms with Crippen molar-refractivity contribution in [1.29, 1.82) is 0 Å². The van der Waals surface area contributed by atoms with Crippen LogP contribution in [0.25, 0.3) is 77.6 Å². The van der Waals surface area contributed by atoms with Crippen LogP contribution < -0.4 is 4.90 Å². The Morgan fingerprint density at radius 1 is 0.328 bits per heavy atom. The molecule has 1 atom stereocenters. The van der Waals surface area contributed by atoms with Crippen LogP contribution in [0.5, 0.6) is 0 Å². The first-order chi connectivity index (χ1) is 31.7. The first-order valence-corrected chi connectivity index (χ1v) is 22.3. The molecule has 0 bridgehead atoms. The summed E-state index contributed by atoms with van der Waals surface area (Å²) in [5.41, 5.74) is 25.2. The maximum Gasteiger partial charge on any atom is 0.137 e. The molecule has 3 aliphatic rings. The first-order valence-electron chi connectivity index (χ1n) is 22.3. The molecule has 0 amide bonds. The number of nitrogens with zero attached hydrogens (tertiary/aromatic N) is 1. The number of furan rings is 1. The second kappa shape index (κ2) is 13.4. The number of hydrogen-bond acceptors (Lipinski definition) is 2. The van der Waals surface area contributed by atoms with E-state index < -0.39 is 5.41 Å². The van der Waals surface area contributed by atoms with E-state index in [1.807, 2.05) is 6.07 Å². The molecule has 2 heteroatoms. The molecule has 1 heterocycles. The normalized spacial score (nSPS) is 14.9. The molecule has 2 nitrogen and oxygen atoms in total. The molecule has 11 aromatic rings. The third kappa shape index (κ3) is 4.85. The van der Waals surface area contributed by atoms with Crippen LogP contribution in [0.1, 0.15) is 33.4 Å². The second-order valence-electron chi connectivity index (χ2n) is 17.5. The Morgan fingerprint density at radius 3 is 1.72 bits per heavy atom. The van der Waals surface area contributed by atoms with Gasteiger partial charge in [-0.3, -0.25) is 0 Å². The molecule has 10 aromatic carbocycles. The van der Waals surface area contributed by atoms with E-state index in [-0.39, 0.29) is 0 Å². The smallest absolute Gasteiger partial charge is 0.137 e. The zero-order valence-electron chi connectivity index (χ0n) is 34.9. The quantitative estimate of drug-likeness (QED) is 0.176. The lowest BCUT2D eigenvalue weighted by Crippen LogP contribution is -2.29. The number of fused-ring (bicyclic) bond motifs is 19. The number of rotatable bonds is 4. The lowest BCUT2D eigenvalue weighted by Gasteiger charge is -2.36. The van der Waals surface area contributed by atoms with Crippen LogP contribution in [0.15, 0.2) is 229 Å². The zero-order valence-corrected chi connectivity index (χ0v) is 34.9. The Morgan fingerprint density at radius 2 is 0.891 bits per heavy atom. The minimum atomic E-state index is -0.586. The Hall–Kier alpha value is -8.20. The van der Waals surface area contributed by atoms with E-state index in [9.17, 15) is 0 Å². The predicted molar refractivity (Wildman–Crippen MR) is 264 cm³/mol. The van der Waals surface area contributed by atoms with Gasteiger partial charge in [0.2, 0.25) is 0 Å². The zero-order chi connectivity index (χ0) is 41.9. The van der Waals surface area contributed by atoms with E-state index in [4.69, 9.17) is 4.42 Å². The fourth-order valence-electron chi connectivity index (χ4n) is 11.7. The highest BCUT2D eigenvalue weighted by atomic mass is 16.3. The van der Waals surface area contributed by atoms with Gasteiger partial charge >= 0.3 is 0 Å². The molecule has 0 saturated carbocycles. The highest BCUT2D eigenvalue weighted by Crippen LogP contribution is 2.64. The van der Waals surface area contributed by atoms with Gasteiger partial charge in [-0.15, -0.1) is 0 Å². The van der Waals surface area contributed by atoms with Crippen LogP contribution in [-0.4, -0.2) is 0 Å². The third-order valence-corrected chi connectivity index (χ3v) is 14.3. The summed E-state index contributed by atoms with van der Waals surface area (Å²) in [5, 5.41) is 2.24. The van der Waals surface area contributed by atoms with Gasteiger partial charge in [-0.05, 0) is 138 Å². The van der Waals surface area contributed by atoms with Crippen LogP contribution >= 0.6 is 0 Å². The van der Waals surface area contributed by atoms with Gasteiger partial charge in [0.25, 0.3) is 0 Å². The lowest BCUT2D eigenvalue weighted by molar-refractivity contribution is 0.669. The van der Waals surface area contributed by atoms with E-state index in [0.717, 1.165) is 45.4 Å². The van der Waals surface area contributed by atoms with E-state index in [0.29, 0.717) is 0 Å². The molecular formula is C62H39NO. The van der Waals surface area contributed by atoms with Crippen LogP contribution in [0, 0.1) is 0 Å². The fourth-order valence-corrected chi connectivity index (χ4v) is 11.7. The van der Waals surface area contributed by atoms with Gasteiger partial charge in [-0.1, -0.05) is 176 Å². The van der Waals surface area contributed by atoms with Gasteiger partial charge in [0.05, 0.1) is 5.41 Å². The maximum atomic E-state index is 6.54. The predicted octanol–water partition coefficient (Wildman–Crippen LogP) is 16.3. The third-order valence-electron chi connectivity index (χ3n) is 14.3. The van der Waals surface area contributed by atoms with Gasteiger partial charge < -0.3 is 9.32 Å². The summed E-state index contributed by atoms with van der Waals surface area (Å²) in [6.07, 6.45) is 0.956. The standard InChI is InChI=1S/C62H39NO/c1-2-14-39(15-3-1)40-26-29-43(30-27-40)63(45-31-33-51-50-21-10-13-25-58(50)64-59(51)38-45)44-32-35-56-53(37-44)48-19-7-6-18-47(48)49-20-8-11-23-54(49)62(56)55-24-12-9-22-52(55)61-57(62)34-28-42-36-41-16-4-5-17-46(41)60(42)61/h1-35,37-38H,36H2. The summed E-state index contributed by atoms with van der Waals surface area (Å²) in [7, 11) is 0. The largest absolute Gasteiger partial charge is 0.456 e. The van der Waals surface area contributed by atoms with Crippen molar-refractivity contribution in [3.63, 3.8) is 0 Å². The minimum Gasteiger partial charge on any atom is -0.456 e. The fraction of sp³-hybridized carbons (Fsp3) is 0.0323. The van der Waals surface area contributed by atoms with Gasteiger partial charge in [-0.25, -0.2) is 0 Å². The Kier molecular flexibility index (Phi) is 7.41. The molecular weight excluding hydrogens is 775 g/mol. The van der Waals surface area contributed by atoms with Crippen LogP contribution in [0.3, 0.4) is 0 Å². The average Bonchev–Trinajstić information content (AvgIpc) is 4.00. The molecule has 298 valence electrons. The van der Waals surface area contributed by atoms with E-state index in [1.165, 1.54) is 89.0 Å². The van der Waals surface area contributed by atoms with Crippen LogP contribution in [-0.2, 0) is 11.8 Å². The van der Waals surface area contributed by atoms with Crippen molar-refractivity contribution >= 4 is 39.0 Å². The highest BCUT2D eigenvalue weighted by molar-refractivity contribution is 6.07. The van der Waals surface area contributed by atoms with Gasteiger partial charge in [0, 0.05) is 33.9 Å². The molecule has 1 unspecified atom stereocenters. The van der Waals surface area contributed by atoms with Gasteiger partial charge in [0.15, 0.2) is 0 Å². The van der Waals surface area contributed by atoms with Crippen molar-refractivity contribution in [3.8, 4) is 55.6 Å². The van der Waals surface area contributed by atoms with E-state index in [2.05, 4.69) is 223 Å². The van der Waals surface area contributed by atoms with Gasteiger partial charge in [-0.2, -0.15) is 0 Å². The molecule has 0 N–H and O–H groups in total. The Labute approximate surface area is 372 Å². The van der Waals surface area contributed by atoms with Gasteiger partial charge in [0.1, 0.15) is 11.2 Å². The van der Waals surface area contributed by atoms with E-state index in [1.54, 1.807) is 0 Å². The van der Waals surface area contributed by atoms with E-state index >= 15 is 0 Å². The van der Waals surface area contributed by atoms with Crippen molar-refractivity contribution in [1.82, 2.24) is 0 Å². The summed E-state index contributed by atoms with van der Waals surface area (Å²) >= 11 is 0. The summed E-state index contributed by atoms with van der Waals surface area (Å²) in [6, 6.07) is 83.2. The van der Waals surface area contributed by atoms with Crippen molar-refractivity contribution in [2.24, 2.45) is 0 Å². The Bertz CT molecular complexity index is 3710. The molecule has 0 fully saturated rings. The number of anilines is 3. The highest BCUT2D eigenvalue weighted by Gasteiger charge is 2.51. The number of para-hydroxylation sites is 1. The summed E-state index contributed by atoms with van der Waals surface area (Å²) in [6.45, 7) is 0.